The third-order valence-electron chi connectivity index (χ3n) is 2.64. The van der Waals surface area contributed by atoms with Crippen molar-refractivity contribution >= 4 is 10.5 Å². The van der Waals surface area contributed by atoms with Gasteiger partial charge in [0.25, 0.3) is 0 Å². The molecule has 0 saturated carbocycles. The van der Waals surface area contributed by atoms with Crippen LogP contribution in [-0.4, -0.2) is 10.5 Å². The molecule has 0 aromatic heterocycles. The van der Waals surface area contributed by atoms with Gasteiger partial charge in [0.1, 0.15) is 0 Å². The zero-order chi connectivity index (χ0) is 9.73. The van der Waals surface area contributed by atoms with Crippen molar-refractivity contribution in [2.75, 3.05) is 0 Å². The van der Waals surface area contributed by atoms with Gasteiger partial charge >= 0.3 is 0 Å². The van der Waals surface area contributed by atoms with E-state index in [9.17, 15) is 0 Å². The van der Waals surface area contributed by atoms with Crippen molar-refractivity contribution in [3.63, 3.8) is 0 Å². The minimum atomic E-state index is -0.169. The van der Waals surface area contributed by atoms with Gasteiger partial charge in [-0.05, 0) is 18.4 Å². The summed E-state index contributed by atoms with van der Waals surface area (Å²) in [5.41, 5.74) is 1.06. The number of hydrogen-bond acceptors (Lipinski definition) is 1. The summed E-state index contributed by atoms with van der Waals surface area (Å²) in [4.78, 5) is 0. The molecular formula is C11H15OSi. The van der Waals surface area contributed by atoms with Crippen LogP contribution in [0.5, 0.6) is 0 Å². The topological polar surface area (TPSA) is 9.23 Å². The standard InChI is InChI=1S/C11H15OSi/c1-3-11(4-2,12-13)10-8-6-5-7-9-10/h5-9H,3-4H2,1-2H3. The molecule has 1 nitrogen and oxygen atoms in total. The molecule has 69 valence electrons. The van der Waals surface area contributed by atoms with Crippen LogP contribution in [0.3, 0.4) is 0 Å². The smallest absolute Gasteiger partial charge is 0.247 e. The number of hydrogen-bond donors (Lipinski definition) is 0. The molecule has 1 rings (SSSR count). The molecule has 2 heteroatoms. The Bertz CT molecular complexity index is 233. The maximum absolute atomic E-state index is 5.43. The van der Waals surface area contributed by atoms with Crippen molar-refractivity contribution in [2.24, 2.45) is 0 Å². The first-order valence-electron chi connectivity index (χ1n) is 4.69. The molecule has 0 saturated heterocycles. The Morgan fingerprint density at radius 3 is 2.08 bits per heavy atom. The van der Waals surface area contributed by atoms with Gasteiger partial charge in [-0.2, -0.15) is 0 Å². The Morgan fingerprint density at radius 1 is 1.15 bits per heavy atom. The van der Waals surface area contributed by atoms with E-state index in [4.69, 9.17) is 4.43 Å². The highest BCUT2D eigenvalue weighted by Gasteiger charge is 2.26. The Kier molecular flexibility index (Phi) is 3.69. The molecule has 0 unspecified atom stereocenters. The van der Waals surface area contributed by atoms with E-state index in [0.29, 0.717) is 0 Å². The zero-order valence-electron chi connectivity index (χ0n) is 8.21. The van der Waals surface area contributed by atoms with Crippen molar-refractivity contribution in [3.8, 4) is 0 Å². The Hall–Kier alpha value is -0.603. The lowest BCUT2D eigenvalue weighted by Gasteiger charge is -2.31. The molecule has 0 spiro atoms. The summed E-state index contributed by atoms with van der Waals surface area (Å²) in [5.74, 6) is 0. The van der Waals surface area contributed by atoms with E-state index in [0.717, 1.165) is 12.8 Å². The number of rotatable bonds is 4. The normalized spacial score (nSPS) is 11.6. The van der Waals surface area contributed by atoms with Gasteiger partial charge in [-0.3, -0.25) is 0 Å². The molecule has 0 heterocycles. The van der Waals surface area contributed by atoms with Crippen LogP contribution in [0.2, 0.25) is 0 Å². The Balaban J connectivity index is 3.01. The van der Waals surface area contributed by atoms with Gasteiger partial charge in [-0.15, -0.1) is 0 Å². The van der Waals surface area contributed by atoms with Crippen molar-refractivity contribution in [1.29, 1.82) is 0 Å². The van der Waals surface area contributed by atoms with Gasteiger partial charge in [-0.1, -0.05) is 44.2 Å². The first kappa shape index (κ1) is 10.5. The highest BCUT2D eigenvalue weighted by Crippen LogP contribution is 2.31. The average Bonchev–Trinajstić information content (AvgIpc) is 2.23. The average molecular weight is 191 g/mol. The maximum atomic E-state index is 5.43. The Labute approximate surface area is 83.7 Å². The van der Waals surface area contributed by atoms with Gasteiger partial charge in [0.05, 0.1) is 5.60 Å². The second-order valence-electron chi connectivity index (χ2n) is 3.17. The minimum Gasteiger partial charge on any atom is -0.409 e. The molecule has 0 aliphatic rings. The molecule has 0 amide bonds. The summed E-state index contributed by atoms with van der Waals surface area (Å²) in [5, 5.41) is 0. The molecule has 0 aliphatic heterocycles. The fourth-order valence-corrected chi connectivity index (χ4v) is 2.01. The van der Waals surface area contributed by atoms with Crippen molar-refractivity contribution in [3.05, 3.63) is 35.9 Å². The lowest BCUT2D eigenvalue weighted by atomic mass is 9.89. The number of benzene rings is 1. The summed E-state index contributed by atoms with van der Waals surface area (Å²) in [6, 6.07) is 10.3. The lowest BCUT2D eigenvalue weighted by Crippen LogP contribution is -2.27. The van der Waals surface area contributed by atoms with Crippen LogP contribution in [0.4, 0.5) is 0 Å². The van der Waals surface area contributed by atoms with Crippen LogP contribution in [0.25, 0.3) is 0 Å². The van der Waals surface area contributed by atoms with E-state index in [1.54, 1.807) is 0 Å². The van der Waals surface area contributed by atoms with Gasteiger partial charge in [0.2, 0.25) is 10.5 Å². The quantitative estimate of drug-likeness (QED) is 0.665. The fourth-order valence-electron chi connectivity index (χ4n) is 1.60. The van der Waals surface area contributed by atoms with Gasteiger partial charge < -0.3 is 4.43 Å². The van der Waals surface area contributed by atoms with Crippen LogP contribution in [0, 0.1) is 0 Å². The minimum absolute atomic E-state index is 0.169. The third-order valence-corrected chi connectivity index (χ3v) is 3.03. The van der Waals surface area contributed by atoms with Crippen LogP contribution >= 0.6 is 0 Å². The molecule has 1 aromatic carbocycles. The summed E-state index contributed by atoms with van der Waals surface area (Å²) in [6.07, 6.45) is 1.94. The summed E-state index contributed by atoms with van der Waals surface area (Å²) >= 11 is 0. The highest BCUT2D eigenvalue weighted by molar-refractivity contribution is 5.98. The summed E-state index contributed by atoms with van der Waals surface area (Å²) in [7, 11) is 3.18. The van der Waals surface area contributed by atoms with Crippen LogP contribution < -0.4 is 0 Å². The first-order chi connectivity index (χ1) is 6.29. The maximum Gasteiger partial charge on any atom is 0.247 e. The molecule has 0 atom stereocenters. The van der Waals surface area contributed by atoms with Crippen LogP contribution in [0.15, 0.2) is 30.3 Å². The van der Waals surface area contributed by atoms with E-state index < -0.39 is 0 Å². The SMILES string of the molecule is CCC(CC)(O[Si])c1ccccc1. The van der Waals surface area contributed by atoms with Crippen molar-refractivity contribution < 1.29 is 4.43 Å². The summed E-state index contributed by atoms with van der Waals surface area (Å²) in [6.45, 7) is 4.27. The monoisotopic (exact) mass is 191 g/mol. The van der Waals surface area contributed by atoms with Gasteiger partial charge in [-0.25, -0.2) is 0 Å². The molecule has 13 heavy (non-hydrogen) atoms. The third kappa shape index (κ3) is 2.01. The highest BCUT2D eigenvalue weighted by atomic mass is 28.2. The molecule has 3 radical (unpaired) electrons. The Morgan fingerprint density at radius 2 is 1.69 bits per heavy atom. The molecule has 0 aliphatic carbocycles. The largest absolute Gasteiger partial charge is 0.409 e. The van der Waals surface area contributed by atoms with E-state index in [-0.39, 0.29) is 5.60 Å². The molecular weight excluding hydrogens is 176 g/mol. The molecule has 0 bridgehead atoms. The molecule has 0 N–H and O–H groups in total. The van der Waals surface area contributed by atoms with E-state index in [1.165, 1.54) is 5.56 Å². The first-order valence-corrected chi connectivity index (χ1v) is 5.10. The molecule has 1 aromatic rings. The predicted molar refractivity (Wildman–Crippen MR) is 55.5 cm³/mol. The second kappa shape index (κ2) is 4.58. The van der Waals surface area contributed by atoms with Crippen LogP contribution in [-0.2, 0) is 10.0 Å². The molecule has 0 fully saturated rings. The van der Waals surface area contributed by atoms with E-state index in [2.05, 4.69) is 36.5 Å². The fraction of sp³-hybridized carbons (Fsp3) is 0.455. The van der Waals surface area contributed by atoms with Crippen LogP contribution in [0.1, 0.15) is 32.3 Å². The van der Waals surface area contributed by atoms with E-state index in [1.807, 2.05) is 18.2 Å². The predicted octanol–water partition coefficient (Wildman–Crippen LogP) is 2.80. The summed E-state index contributed by atoms with van der Waals surface area (Å²) < 4.78 is 5.43. The van der Waals surface area contributed by atoms with Gasteiger partial charge in [0, 0.05) is 0 Å². The second-order valence-corrected chi connectivity index (χ2v) is 3.37. The van der Waals surface area contributed by atoms with E-state index >= 15 is 0 Å². The van der Waals surface area contributed by atoms with Crippen molar-refractivity contribution in [1.82, 2.24) is 0 Å². The zero-order valence-corrected chi connectivity index (χ0v) is 9.21. The lowest BCUT2D eigenvalue weighted by molar-refractivity contribution is 0.0685. The van der Waals surface area contributed by atoms with Gasteiger partial charge in [0.15, 0.2) is 0 Å². The van der Waals surface area contributed by atoms with Crippen molar-refractivity contribution in [2.45, 2.75) is 32.3 Å².